The van der Waals surface area contributed by atoms with Crippen LogP contribution in [0.15, 0.2) is 17.0 Å². The number of halogens is 2. The number of carbonyl (C=O) groups excluding carboxylic acids is 1. The molecule has 0 fully saturated rings. The van der Waals surface area contributed by atoms with Crippen LogP contribution in [0.4, 0.5) is 4.39 Å². The lowest BCUT2D eigenvalue weighted by atomic mass is 9.88. The van der Waals surface area contributed by atoms with Crippen LogP contribution in [0, 0.1) is 11.2 Å². The third kappa shape index (κ3) is 4.39. The van der Waals surface area contributed by atoms with Crippen LogP contribution in [-0.4, -0.2) is 20.4 Å². The molecule has 1 amide bonds. The molecule has 0 bridgehead atoms. The first-order valence-corrected chi connectivity index (χ1v) is 8.09. The second-order valence-corrected chi connectivity index (χ2v) is 7.81. The maximum absolute atomic E-state index is 13.7. The summed E-state index contributed by atoms with van der Waals surface area (Å²) < 4.78 is 36.2. The van der Waals surface area contributed by atoms with Gasteiger partial charge in [-0.15, -0.1) is 0 Å². The molecule has 0 aromatic heterocycles. The fraction of sp³-hybridized carbons (Fsp3) is 0.462. The Hall–Kier alpha value is -1.18. The van der Waals surface area contributed by atoms with E-state index in [1.54, 1.807) is 6.92 Å². The van der Waals surface area contributed by atoms with Crippen molar-refractivity contribution >= 4 is 27.5 Å². The SMILES string of the molecule is CC(NC(=O)c1cc(S(N)(=O)=O)cc(F)c1Cl)C(C)(C)C. The monoisotopic (exact) mass is 336 g/mol. The van der Waals surface area contributed by atoms with Gasteiger partial charge in [0, 0.05) is 6.04 Å². The zero-order valence-electron chi connectivity index (χ0n) is 12.2. The van der Waals surface area contributed by atoms with Crippen LogP contribution in [0.5, 0.6) is 0 Å². The smallest absolute Gasteiger partial charge is 0.253 e. The van der Waals surface area contributed by atoms with Crippen molar-refractivity contribution in [3.05, 3.63) is 28.5 Å². The van der Waals surface area contributed by atoms with E-state index < -0.39 is 31.7 Å². The van der Waals surface area contributed by atoms with Crippen molar-refractivity contribution in [2.24, 2.45) is 10.6 Å². The van der Waals surface area contributed by atoms with Gasteiger partial charge in [0.25, 0.3) is 5.91 Å². The number of rotatable bonds is 3. The average Bonchev–Trinajstić information content (AvgIpc) is 2.29. The predicted molar refractivity (Wildman–Crippen MR) is 79.2 cm³/mol. The maximum Gasteiger partial charge on any atom is 0.253 e. The Balaban J connectivity index is 3.24. The van der Waals surface area contributed by atoms with Crippen molar-refractivity contribution in [3.63, 3.8) is 0 Å². The molecule has 0 saturated heterocycles. The van der Waals surface area contributed by atoms with Crippen LogP contribution < -0.4 is 10.5 Å². The van der Waals surface area contributed by atoms with E-state index in [4.69, 9.17) is 16.7 Å². The number of primary sulfonamides is 1. The summed E-state index contributed by atoms with van der Waals surface area (Å²) >= 11 is 5.74. The first-order chi connectivity index (χ1) is 9.34. The minimum absolute atomic E-state index is 0.224. The molecule has 118 valence electrons. The van der Waals surface area contributed by atoms with Gasteiger partial charge in [-0.25, -0.2) is 17.9 Å². The molecule has 0 heterocycles. The standard InChI is InChI=1S/C13H18ClFN2O3S/c1-7(13(2,3)4)17-12(18)9-5-8(21(16,19)20)6-10(15)11(9)14/h5-7H,1-4H3,(H,17,18)(H2,16,19,20). The second-order valence-electron chi connectivity index (χ2n) is 5.87. The number of nitrogens with two attached hydrogens (primary N) is 1. The zero-order chi connectivity index (χ0) is 16.6. The van der Waals surface area contributed by atoms with Gasteiger partial charge in [-0.3, -0.25) is 4.79 Å². The molecule has 1 atom stereocenters. The molecule has 0 spiro atoms. The molecule has 0 aliphatic heterocycles. The Morgan fingerprint density at radius 1 is 1.38 bits per heavy atom. The third-order valence-electron chi connectivity index (χ3n) is 3.22. The van der Waals surface area contributed by atoms with Crippen molar-refractivity contribution in [2.75, 3.05) is 0 Å². The number of carbonyl (C=O) groups is 1. The molecule has 0 saturated carbocycles. The largest absolute Gasteiger partial charge is 0.349 e. The zero-order valence-corrected chi connectivity index (χ0v) is 13.8. The molecular weight excluding hydrogens is 319 g/mol. The summed E-state index contributed by atoms with van der Waals surface area (Å²) in [6, 6.07) is 1.41. The highest BCUT2D eigenvalue weighted by Gasteiger charge is 2.25. The van der Waals surface area contributed by atoms with Crippen molar-refractivity contribution < 1.29 is 17.6 Å². The summed E-state index contributed by atoms with van der Waals surface area (Å²) in [7, 11) is -4.13. The van der Waals surface area contributed by atoms with Gasteiger partial charge >= 0.3 is 0 Å². The van der Waals surface area contributed by atoms with Crippen LogP contribution in [-0.2, 0) is 10.0 Å². The maximum atomic E-state index is 13.7. The third-order valence-corrected chi connectivity index (χ3v) is 4.50. The molecule has 5 nitrogen and oxygen atoms in total. The molecule has 1 unspecified atom stereocenters. The quantitative estimate of drug-likeness (QED) is 0.887. The van der Waals surface area contributed by atoms with Crippen LogP contribution in [0.3, 0.4) is 0 Å². The molecule has 1 aromatic carbocycles. The minimum atomic E-state index is -4.13. The van der Waals surface area contributed by atoms with Gasteiger partial charge in [-0.2, -0.15) is 0 Å². The summed E-state index contributed by atoms with van der Waals surface area (Å²) in [6.07, 6.45) is 0. The van der Waals surface area contributed by atoms with E-state index >= 15 is 0 Å². The van der Waals surface area contributed by atoms with Crippen molar-refractivity contribution in [2.45, 2.75) is 38.6 Å². The Labute approximate surface area is 128 Å². The molecule has 1 rings (SSSR count). The first-order valence-electron chi connectivity index (χ1n) is 6.16. The lowest BCUT2D eigenvalue weighted by Gasteiger charge is -2.28. The Morgan fingerprint density at radius 3 is 2.33 bits per heavy atom. The number of benzene rings is 1. The van der Waals surface area contributed by atoms with Crippen LogP contribution in [0.25, 0.3) is 0 Å². The molecule has 0 radical (unpaired) electrons. The molecule has 8 heteroatoms. The average molecular weight is 337 g/mol. The summed E-state index contributed by atoms with van der Waals surface area (Å²) in [5.41, 5.74) is -0.491. The van der Waals surface area contributed by atoms with E-state index in [0.717, 1.165) is 6.07 Å². The highest BCUT2D eigenvalue weighted by molar-refractivity contribution is 7.89. The van der Waals surface area contributed by atoms with Gasteiger partial charge < -0.3 is 5.32 Å². The summed E-state index contributed by atoms with van der Waals surface area (Å²) in [6.45, 7) is 7.54. The van der Waals surface area contributed by atoms with E-state index in [9.17, 15) is 17.6 Å². The van der Waals surface area contributed by atoms with Gasteiger partial charge in [0.05, 0.1) is 15.5 Å². The van der Waals surface area contributed by atoms with Crippen LogP contribution in [0.1, 0.15) is 38.1 Å². The fourth-order valence-corrected chi connectivity index (χ4v) is 2.13. The molecule has 0 aliphatic carbocycles. The van der Waals surface area contributed by atoms with Gasteiger partial charge in [0.2, 0.25) is 10.0 Å². The first kappa shape index (κ1) is 17.9. The highest BCUT2D eigenvalue weighted by atomic mass is 35.5. The summed E-state index contributed by atoms with van der Waals surface area (Å²) in [5, 5.41) is 7.16. The Bertz CT molecular complexity index is 669. The lowest BCUT2D eigenvalue weighted by molar-refractivity contribution is 0.0909. The van der Waals surface area contributed by atoms with E-state index in [-0.39, 0.29) is 17.0 Å². The number of sulfonamides is 1. The van der Waals surface area contributed by atoms with Gasteiger partial charge in [-0.1, -0.05) is 32.4 Å². The fourth-order valence-electron chi connectivity index (χ4n) is 1.38. The van der Waals surface area contributed by atoms with E-state index in [1.165, 1.54) is 0 Å². The van der Waals surface area contributed by atoms with E-state index in [0.29, 0.717) is 6.07 Å². The number of hydrogen-bond acceptors (Lipinski definition) is 3. The van der Waals surface area contributed by atoms with E-state index in [2.05, 4.69) is 5.32 Å². The molecule has 3 N–H and O–H groups in total. The molecular formula is C13H18ClFN2O3S. The van der Waals surface area contributed by atoms with Crippen molar-refractivity contribution in [1.82, 2.24) is 5.32 Å². The van der Waals surface area contributed by atoms with Crippen molar-refractivity contribution in [1.29, 1.82) is 0 Å². The minimum Gasteiger partial charge on any atom is -0.349 e. The van der Waals surface area contributed by atoms with Gasteiger partial charge in [-0.05, 0) is 24.5 Å². The number of amides is 1. The topological polar surface area (TPSA) is 89.3 Å². The van der Waals surface area contributed by atoms with Crippen LogP contribution >= 0.6 is 11.6 Å². The van der Waals surface area contributed by atoms with Gasteiger partial charge in [0.1, 0.15) is 5.82 Å². The predicted octanol–water partition coefficient (Wildman–Crippen LogP) is 2.29. The second kappa shape index (κ2) is 5.90. The Morgan fingerprint density at radius 2 is 1.90 bits per heavy atom. The molecule has 0 aliphatic rings. The van der Waals surface area contributed by atoms with Crippen molar-refractivity contribution in [3.8, 4) is 0 Å². The van der Waals surface area contributed by atoms with E-state index in [1.807, 2.05) is 20.8 Å². The molecule has 1 aromatic rings. The summed E-state index contributed by atoms with van der Waals surface area (Å²) in [4.78, 5) is 11.7. The van der Waals surface area contributed by atoms with Crippen LogP contribution in [0.2, 0.25) is 5.02 Å². The lowest BCUT2D eigenvalue weighted by Crippen LogP contribution is -2.41. The normalized spacial score (nSPS) is 13.9. The number of hydrogen-bond donors (Lipinski definition) is 2. The molecule has 21 heavy (non-hydrogen) atoms. The number of nitrogens with one attached hydrogen (secondary N) is 1. The van der Waals surface area contributed by atoms with Gasteiger partial charge in [0.15, 0.2) is 0 Å². The summed E-state index contributed by atoms with van der Waals surface area (Å²) in [5.74, 6) is -1.68. The highest BCUT2D eigenvalue weighted by Crippen LogP contribution is 2.25. The Kier molecular flexibility index (Phi) is 5.02.